The van der Waals surface area contributed by atoms with Crippen molar-refractivity contribution < 1.29 is 5.11 Å². The van der Waals surface area contributed by atoms with Crippen LogP contribution in [0.15, 0.2) is 6.20 Å². The van der Waals surface area contributed by atoms with Crippen LogP contribution in [0.3, 0.4) is 0 Å². The number of aliphatic hydroxyl groups excluding tert-OH is 1. The first kappa shape index (κ1) is 9.03. The lowest BCUT2D eigenvalue weighted by Crippen LogP contribution is -2.18. The summed E-state index contributed by atoms with van der Waals surface area (Å²) in [5.74, 6) is 0. The van der Waals surface area contributed by atoms with Crippen LogP contribution in [0.1, 0.15) is 31.0 Å². The lowest BCUT2D eigenvalue weighted by molar-refractivity contribution is 0.130. The molecule has 0 aliphatic heterocycles. The van der Waals surface area contributed by atoms with Gasteiger partial charge < -0.3 is 5.11 Å². The van der Waals surface area contributed by atoms with Crippen molar-refractivity contribution in [2.24, 2.45) is 0 Å². The molecule has 1 aromatic rings. The van der Waals surface area contributed by atoms with E-state index in [0.29, 0.717) is 5.02 Å². The highest BCUT2D eigenvalue weighted by Crippen LogP contribution is 2.30. The van der Waals surface area contributed by atoms with Crippen molar-refractivity contribution >= 4 is 11.6 Å². The van der Waals surface area contributed by atoms with Gasteiger partial charge in [-0.3, -0.25) is 4.68 Å². The van der Waals surface area contributed by atoms with Gasteiger partial charge in [-0.2, -0.15) is 5.10 Å². The molecule has 3 nitrogen and oxygen atoms in total. The quantitative estimate of drug-likeness (QED) is 0.753. The van der Waals surface area contributed by atoms with E-state index in [1.165, 1.54) is 0 Å². The maximum atomic E-state index is 9.64. The Morgan fingerprint density at radius 1 is 1.62 bits per heavy atom. The van der Waals surface area contributed by atoms with Crippen LogP contribution in [-0.4, -0.2) is 21.0 Å². The maximum absolute atomic E-state index is 9.64. The Balaban J connectivity index is 2.24. The van der Waals surface area contributed by atoms with E-state index in [2.05, 4.69) is 5.10 Å². The van der Waals surface area contributed by atoms with E-state index >= 15 is 0 Å². The third kappa shape index (κ3) is 1.58. The molecule has 4 heteroatoms. The van der Waals surface area contributed by atoms with E-state index in [0.717, 1.165) is 25.0 Å². The van der Waals surface area contributed by atoms with Gasteiger partial charge in [0.15, 0.2) is 0 Å². The molecule has 1 heterocycles. The summed E-state index contributed by atoms with van der Waals surface area (Å²) >= 11 is 5.89. The van der Waals surface area contributed by atoms with E-state index in [1.807, 2.05) is 6.92 Å². The monoisotopic (exact) mass is 200 g/mol. The second-order valence-electron chi connectivity index (χ2n) is 3.61. The summed E-state index contributed by atoms with van der Waals surface area (Å²) in [6.07, 6.45) is 4.49. The minimum atomic E-state index is -0.254. The highest BCUT2D eigenvalue weighted by atomic mass is 35.5. The molecule has 2 atom stereocenters. The number of hydrogen-bond acceptors (Lipinski definition) is 2. The highest BCUT2D eigenvalue weighted by Gasteiger charge is 2.27. The van der Waals surface area contributed by atoms with E-state index in [9.17, 15) is 5.11 Å². The Kier molecular flexibility index (Phi) is 2.30. The van der Waals surface area contributed by atoms with Crippen molar-refractivity contribution in [1.29, 1.82) is 0 Å². The van der Waals surface area contributed by atoms with Crippen LogP contribution < -0.4 is 0 Å². The van der Waals surface area contributed by atoms with Gasteiger partial charge in [0.1, 0.15) is 0 Å². The fourth-order valence-electron chi connectivity index (χ4n) is 1.86. The Morgan fingerprint density at radius 2 is 2.38 bits per heavy atom. The second kappa shape index (κ2) is 3.31. The molecule has 1 aliphatic carbocycles. The molecule has 0 amide bonds. The van der Waals surface area contributed by atoms with Crippen molar-refractivity contribution in [2.45, 2.75) is 38.3 Å². The summed E-state index contributed by atoms with van der Waals surface area (Å²) in [7, 11) is 0. The Morgan fingerprint density at radius 3 is 2.85 bits per heavy atom. The Labute approximate surface area is 82.3 Å². The highest BCUT2D eigenvalue weighted by molar-refractivity contribution is 6.31. The van der Waals surface area contributed by atoms with Crippen molar-refractivity contribution in [3.8, 4) is 0 Å². The third-order valence-electron chi connectivity index (χ3n) is 2.64. The largest absolute Gasteiger partial charge is 0.391 e. The summed E-state index contributed by atoms with van der Waals surface area (Å²) in [5.41, 5.74) is 0.834. The number of aryl methyl sites for hydroxylation is 1. The molecule has 13 heavy (non-hydrogen) atoms. The van der Waals surface area contributed by atoms with Gasteiger partial charge in [-0.15, -0.1) is 0 Å². The van der Waals surface area contributed by atoms with E-state index < -0.39 is 0 Å². The van der Waals surface area contributed by atoms with Gasteiger partial charge in [0.2, 0.25) is 0 Å². The van der Waals surface area contributed by atoms with E-state index in [-0.39, 0.29) is 12.1 Å². The molecule has 1 aliphatic rings. The molecule has 0 saturated heterocycles. The second-order valence-corrected chi connectivity index (χ2v) is 4.02. The molecule has 2 rings (SSSR count). The van der Waals surface area contributed by atoms with E-state index in [4.69, 9.17) is 11.6 Å². The zero-order valence-corrected chi connectivity index (χ0v) is 8.33. The maximum Gasteiger partial charge on any atom is 0.0815 e. The molecule has 1 aromatic heterocycles. The summed E-state index contributed by atoms with van der Waals surface area (Å²) in [6, 6.07) is 0.131. The van der Waals surface area contributed by atoms with Crippen LogP contribution in [0, 0.1) is 6.92 Å². The van der Waals surface area contributed by atoms with Gasteiger partial charge in [0.05, 0.1) is 22.9 Å². The van der Waals surface area contributed by atoms with Crippen LogP contribution in [0.2, 0.25) is 5.02 Å². The van der Waals surface area contributed by atoms with Gasteiger partial charge >= 0.3 is 0 Å². The van der Waals surface area contributed by atoms with Crippen LogP contribution >= 0.6 is 11.6 Å². The van der Waals surface area contributed by atoms with Gasteiger partial charge in [-0.05, 0) is 26.2 Å². The molecule has 0 radical (unpaired) electrons. The van der Waals surface area contributed by atoms with Crippen molar-refractivity contribution in [2.75, 3.05) is 0 Å². The first-order valence-electron chi connectivity index (χ1n) is 4.58. The molecule has 1 fully saturated rings. The summed E-state index contributed by atoms with van der Waals surface area (Å²) in [6.45, 7) is 1.88. The smallest absolute Gasteiger partial charge is 0.0815 e. The van der Waals surface area contributed by atoms with Crippen molar-refractivity contribution in [3.63, 3.8) is 0 Å². The molecule has 0 unspecified atom stereocenters. The van der Waals surface area contributed by atoms with E-state index in [1.54, 1.807) is 10.9 Å². The van der Waals surface area contributed by atoms with Crippen molar-refractivity contribution in [3.05, 3.63) is 16.9 Å². The predicted octanol–water partition coefficient (Wildman–Crippen LogP) is 1.93. The van der Waals surface area contributed by atoms with Crippen LogP contribution in [0.25, 0.3) is 0 Å². The Hall–Kier alpha value is -0.540. The van der Waals surface area contributed by atoms with Gasteiger partial charge in [0, 0.05) is 6.20 Å². The average Bonchev–Trinajstić information content (AvgIpc) is 2.60. The third-order valence-corrected chi connectivity index (χ3v) is 3.01. The lowest BCUT2D eigenvalue weighted by Gasteiger charge is -2.14. The van der Waals surface area contributed by atoms with Crippen LogP contribution in [0.4, 0.5) is 0 Å². The summed E-state index contributed by atoms with van der Waals surface area (Å²) in [5, 5.41) is 14.6. The normalized spacial score (nSPS) is 28.2. The molecule has 72 valence electrons. The standard InChI is InChI=1S/C9H13ClN2O/c1-6-7(10)5-12(11-6)8-3-2-4-9(8)13/h5,8-9,13H,2-4H2,1H3/t8-,9-/m0/s1. The molecule has 0 bridgehead atoms. The summed E-state index contributed by atoms with van der Waals surface area (Å²) < 4.78 is 1.80. The number of rotatable bonds is 1. The van der Waals surface area contributed by atoms with Gasteiger partial charge in [-0.1, -0.05) is 11.6 Å². The number of halogens is 1. The lowest BCUT2D eigenvalue weighted by atomic mass is 10.2. The first-order chi connectivity index (χ1) is 6.18. The van der Waals surface area contributed by atoms with Crippen molar-refractivity contribution in [1.82, 2.24) is 9.78 Å². The molecular weight excluding hydrogens is 188 g/mol. The fourth-order valence-corrected chi connectivity index (χ4v) is 2.00. The summed E-state index contributed by atoms with van der Waals surface area (Å²) in [4.78, 5) is 0. The molecule has 1 N–H and O–H groups in total. The van der Waals surface area contributed by atoms with Crippen LogP contribution in [0.5, 0.6) is 0 Å². The minimum absolute atomic E-state index is 0.131. The zero-order chi connectivity index (χ0) is 9.42. The first-order valence-corrected chi connectivity index (χ1v) is 4.95. The SMILES string of the molecule is Cc1nn([C@H]2CCC[C@@H]2O)cc1Cl. The van der Waals surface area contributed by atoms with Gasteiger partial charge in [-0.25, -0.2) is 0 Å². The van der Waals surface area contributed by atoms with Gasteiger partial charge in [0.25, 0.3) is 0 Å². The molecular formula is C9H13ClN2O. The Bertz CT molecular complexity index is 291. The number of aliphatic hydroxyl groups is 1. The topological polar surface area (TPSA) is 38.0 Å². The fraction of sp³-hybridized carbons (Fsp3) is 0.667. The molecule has 0 aromatic carbocycles. The zero-order valence-electron chi connectivity index (χ0n) is 7.57. The molecule has 1 saturated carbocycles. The predicted molar refractivity (Wildman–Crippen MR) is 50.9 cm³/mol. The average molecular weight is 201 g/mol. The number of aromatic nitrogens is 2. The number of hydrogen-bond donors (Lipinski definition) is 1. The van der Waals surface area contributed by atoms with Crippen LogP contribution in [-0.2, 0) is 0 Å². The molecule has 0 spiro atoms. The number of nitrogens with zero attached hydrogens (tertiary/aromatic N) is 2. The minimum Gasteiger partial charge on any atom is -0.391 e.